The molecule has 0 aliphatic carbocycles. The normalized spacial score (nSPS) is 10.6. The summed E-state index contributed by atoms with van der Waals surface area (Å²) in [5.74, 6) is 0.920. The number of nitrogens with zero attached hydrogens (tertiary/aromatic N) is 2. The van der Waals surface area contributed by atoms with Gasteiger partial charge in [-0.05, 0) is 6.42 Å². The Morgan fingerprint density at radius 2 is 2.00 bits per heavy atom. The molecule has 0 atom stereocenters. The van der Waals surface area contributed by atoms with Crippen LogP contribution in [-0.2, 0) is 0 Å². The second-order valence-corrected chi connectivity index (χ2v) is 4.90. The zero-order valence-corrected chi connectivity index (χ0v) is 10.7. The van der Waals surface area contributed by atoms with Crippen LogP contribution in [0.4, 0.5) is 4.79 Å². The highest BCUT2D eigenvalue weighted by molar-refractivity contribution is 8.13. The molecule has 0 saturated heterocycles. The number of carbonyl (C=O) groups is 1. The summed E-state index contributed by atoms with van der Waals surface area (Å²) in [5.41, 5.74) is 0. The molecule has 1 aromatic rings. The van der Waals surface area contributed by atoms with Crippen molar-refractivity contribution >= 4 is 17.0 Å². The number of imidazole rings is 1. The lowest BCUT2D eigenvalue weighted by atomic mass is 10.1. The van der Waals surface area contributed by atoms with Crippen LogP contribution in [0.2, 0.25) is 0 Å². The van der Waals surface area contributed by atoms with Gasteiger partial charge in [0, 0.05) is 18.1 Å². The van der Waals surface area contributed by atoms with E-state index >= 15 is 0 Å². The van der Waals surface area contributed by atoms with Gasteiger partial charge < -0.3 is 0 Å². The number of aromatic nitrogens is 2. The quantitative estimate of drug-likeness (QED) is 0.677. The molecule has 0 aliphatic heterocycles. The van der Waals surface area contributed by atoms with Gasteiger partial charge in [0.15, 0.2) is 0 Å². The number of rotatable bonds is 7. The Bertz CT molecular complexity index is 285. The first kappa shape index (κ1) is 13.3. The van der Waals surface area contributed by atoms with Gasteiger partial charge >= 0.3 is 0 Å². The fourth-order valence-corrected chi connectivity index (χ4v) is 2.26. The number of hydrogen-bond donors (Lipinski definition) is 0. The van der Waals surface area contributed by atoms with Crippen molar-refractivity contribution in [1.29, 1.82) is 0 Å². The lowest BCUT2D eigenvalue weighted by Gasteiger charge is -2.01. The zero-order valence-electron chi connectivity index (χ0n) is 9.89. The molecule has 0 N–H and O–H groups in total. The first-order valence-corrected chi connectivity index (χ1v) is 6.98. The predicted octanol–water partition coefficient (Wildman–Crippen LogP) is 3.94. The Morgan fingerprint density at radius 1 is 1.25 bits per heavy atom. The highest BCUT2D eigenvalue weighted by atomic mass is 32.2. The van der Waals surface area contributed by atoms with E-state index in [2.05, 4.69) is 11.9 Å². The first-order valence-electron chi connectivity index (χ1n) is 5.99. The topological polar surface area (TPSA) is 34.9 Å². The SMILES string of the molecule is CCCCCCCCSC(=O)n1ccnc1. The van der Waals surface area contributed by atoms with E-state index in [1.54, 1.807) is 18.7 Å². The Balaban J connectivity index is 1.97. The van der Waals surface area contributed by atoms with E-state index in [4.69, 9.17) is 0 Å². The van der Waals surface area contributed by atoms with Crippen molar-refractivity contribution in [2.45, 2.75) is 45.4 Å². The minimum absolute atomic E-state index is 0.0751. The third-order valence-electron chi connectivity index (χ3n) is 2.44. The highest BCUT2D eigenvalue weighted by Gasteiger charge is 2.03. The van der Waals surface area contributed by atoms with Crippen LogP contribution in [0.3, 0.4) is 0 Å². The van der Waals surface area contributed by atoms with Gasteiger partial charge in [-0.25, -0.2) is 4.98 Å². The third kappa shape index (κ3) is 5.35. The van der Waals surface area contributed by atoms with Crippen molar-refractivity contribution in [3.8, 4) is 0 Å². The molecule has 0 unspecified atom stereocenters. The third-order valence-corrected chi connectivity index (χ3v) is 3.39. The highest BCUT2D eigenvalue weighted by Crippen LogP contribution is 2.12. The van der Waals surface area contributed by atoms with E-state index < -0.39 is 0 Å². The molecule has 0 bridgehead atoms. The molecular formula is C12H20N2OS. The molecule has 4 heteroatoms. The lowest BCUT2D eigenvalue weighted by Crippen LogP contribution is -2.02. The van der Waals surface area contributed by atoms with Crippen LogP contribution < -0.4 is 0 Å². The van der Waals surface area contributed by atoms with Crippen LogP contribution in [0.1, 0.15) is 45.4 Å². The Morgan fingerprint density at radius 3 is 2.69 bits per heavy atom. The van der Waals surface area contributed by atoms with Gasteiger partial charge in [-0.1, -0.05) is 50.8 Å². The maximum atomic E-state index is 11.5. The summed E-state index contributed by atoms with van der Waals surface area (Å²) >= 11 is 1.38. The fraction of sp³-hybridized carbons (Fsp3) is 0.667. The lowest BCUT2D eigenvalue weighted by molar-refractivity contribution is 0.262. The van der Waals surface area contributed by atoms with E-state index in [0.717, 1.165) is 12.2 Å². The minimum Gasteiger partial charge on any atom is -0.267 e. The monoisotopic (exact) mass is 240 g/mol. The number of unbranched alkanes of at least 4 members (excludes halogenated alkanes) is 5. The van der Waals surface area contributed by atoms with Crippen LogP contribution in [0.5, 0.6) is 0 Å². The number of carbonyl (C=O) groups excluding carboxylic acids is 1. The molecule has 1 heterocycles. The van der Waals surface area contributed by atoms with Gasteiger partial charge in [0.2, 0.25) is 0 Å². The summed E-state index contributed by atoms with van der Waals surface area (Å²) in [6.45, 7) is 2.22. The van der Waals surface area contributed by atoms with Gasteiger partial charge in [0.1, 0.15) is 6.33 Å². The van der Waals surface area contributed by atoms with Crippen molar-refractivity contribution < 1.29 is 4.79 Å². The molecule has 0 radical (unpaired) electrons. The Hall–Kier alpha value is -0.770. The summed E-state index contributed by atoms with van der Waals surface area (Å²) in [6, 6.07) is 0. The van der Waals surface area contributed by atoms with Crippen LogP contribution in [0.15, 0.2) is 18.7 Å². The predicted molar refractivity (Wildman–Crippen MR) is 68.9 cm³/mol. The standard InChI is InChI=1S/C12H20N2OS/c1-2-3-4-5-6-7-10-16-12(15)14-9-8-13-11-14/h8-9,11H,2-7,10H2,1H3. The van der Waals surface area contributed by atoms with Crippen LogP contribution in [0.25, 0.3) is 0 Å². The molecule has 0 saturated carbocycles. The van der Waals surface area contributed by atoms with E-state index in [9.17, 15) is 4.79 Å². The van der Waals surface area contributed by atoms with E-state index in [1.807, 2.05) is 0 Å². The molecule has 0 amide bonds. The summed E-state index contributed by atoms with van der Waals surface area (Å²) < 4.78 is 1.53. The van der Waals surface area contributed by atoms with Gasteiger partial charge in [-0.3, -0.25) is 9.36 Å². The average Bonchev–Trinajstić information content (AvgIpc) is 2.81. The van der Waals surface area contributed by atoms with Crippen LogP contribution >= 0.6 is 11.8 Å². The summed E-state index contributed by atoms with van der Waals surface area (Å²) in [5, 5.41) is 0.0751. The molecule has 90 valence electrons. The molecule has 0 fully saturated rings. The summed E-state index contributed by atoms with van der Waals surface area (Å²) in [4.78, 5) is 15.4. The van der Waals surface area contributed by atoms with Crippen molar-refractivity contribution in [2.24, 2.45) is 0 Å². The smallest absolute Gasteiger partial charge is 0.267 e. The van der Waals surface area contributed by atoms with Crippen LogP contribution in [0, 0.1) is 0 Å². The molecule has 0 spiro atoms. The van der Waals surface area contributed by atoms with Crippen molar-refractivity contribution in [3.05, 3.63) is 18.7 Å². The van der Waals surface area contributed by atoms with Crippen LogP contribution in [-0.4, -0.2) is 20.5 Å². The van der Waals surface area contributed by atoms with Crippen molar-refractivity contribution in [1.82, 2.24) is 9.55 Å². The van der Waals surface area contributed by atoms with E-state index in [-0.39, 0.29) is 5.24 Å². The molecular weight excluding hydrogens is 220 g/mol. The second-order valence-electron chi connectivity index (χ2n) is 3.85. The second kappa shape index (κ2) is 8.39. The average molecular weight is 240 g/mol. The van der Waals surface area contributed by atoms with Gasteiger partial charge in [0.25, 0.3) is 5.24 Å². The molecule has 1 rings (SSSR count). The summed E-state index contributed by atoms with van der Waals surface area (Å²) in [6.07, 6.45) is 12.5. The Kier molecular flexibility index (Phi) is 6.97. The zero-order chi connectivity index (χ0) is 11.6. The minimum atomic E-state index is 0.0751. The van der Waals surface area contributed by atoms with Gasteiger partial charge in [0.05, 0.1) is 0 Å². The molecule has 1 aromatic heterocycles. The van der Waals surface area contributed by atoms with Gasteiger partial charge in [-0.2, -0.15) is 0 Å². The maximum absolute atomic E-state index is 11.5. The fourth-order valence-electron chi connectivity index (χ4n) is 1.48. The molecule has 0 aromatic carbocycles. The van der Waals surface area contributed by atoms with E-state index in [1.165, 1.54) is 48.4 Å². The number of thioether (sulfide) groups is 1. The molecule has 0 aliphatic rings. The Labute approximate surface area is 102 Å². The van der Waals surface area contributed by atoms with E-state index in [0.29, 0.717) is 0 Å². The van der Waals surface area contributed by atoms with Crippen molar-refractivity contribution in [2.75, 3.05) is 5.75 Å². The molecule has 3 nitrogen and oxygen atoms in total. The number of hydrogen-bond acceptors (Lipinski definition) is 3. The largest absolute Gasteiger partial charge is 0.290 e. The van der Waals surface area contributed by atoms with Gasteiger partial charge in [-0.15, -0.1) is 0 Å². The maximum Gasteiger partial charge on any atom is 0.290 e. The summed E-state index contributed by atoms with van der Waals surface area (Å²) in [7, 11) is 0. The van der Waals surface area contributed by atoms with Crippen molar-refractivity contribution in [3.63, 3.8) is 0 Å². The molecule has 16 heavy (non-hydrogen) atoms. The first-order chi connectivity index (χ1) is 7.84.